The molecule has 0 fully saturated rings. The van der Waals surface area contributed by atoms with Crippen molar-refractivity contribution in [3.05, 3.63) is 41.1 Å². The van der Waals surface area contributed by atoms with E-state index in [1.807, 2.05) is 0 Å². The molecule has 0 saturated heterocycles. The van der Waals surface area contributed by atoms with Crippen LogP contribution in [0, 0.1) is 5.95 Å². The predicted molar refractivity (Wildman–Crippen MR) is 149 cm³/mol. The smallest absolute Gasteiger partial charge is 0.303 e. The third-order valence-electron chi connectivity index (χ3n) is 7.40. The molecule has 0 aromatic carbocycles. The van der Waals surface area contributed by atoms with Gasteiger partial charge in [-0.2, -0.15) is 13.2 Å². The van der Waals surface area contributed by atoms with Crippen LogP contribution in [0.15, 0.2) is 18.5 Å². The molecule has 9 heteroatoms. The highest BCUT2D eigenvalue weighted by molar-refractivity contribution is 5.53. The SMILES string of the molecule is CCCCCCC(F)COC1CCc2cc(-c3ncc(CCCCCOCCCCC)cn3)nc(F)c2C1(F)F. The summed E-state index contributed by atoms with van der Waals surface area (Å²) in [7, 11) is 0. The van der Waals surface area contributed by atoms with E-state index in [-0.39, 0.29) is 36.3 Å². The molecule has 40 heavy (non-hydrogen) atoms. The van der Waals surface area contributed by atoms with Crippen LogP contribution in [-0.2, 0) is 28.2 Å². The number of hydrogen-bond acceptors (Lipinski definition) is 5. The molecule has 0 saturated carbocycles. The van der Waals surface area contributed by atoms with E-state index in [4.69, 9.17) is 9.47 Å². The lowest BCUT2D eigenvalue weighted by Crippen LogP contribution is -2.40. The number of rotatable bonds is 19. The zero-order chi connectivity index (χ0) is 28.8. The number of alkyl halides is 3. The first kappa shape index (κ1) is 32.4. The van der Waals surface area contributed by atoms with Gasteiger partial charge in [-0.1, -0.05) is 58.8 Å². The first-order valence-electron chi connectivity index (χ1n) is 15.1. The van der Waals surface area contributed by atoms with Crippen molar-refractivity contribution in [1.82, 2.24) is 15.0 Å². The summed E-state index contributed by atoms with van der Waals surface area (Å²) >= 11 is 0. The summed E-state index contributed by atoms with van der Waals surface area (Å²) in [6.45, 7) is 5.42. The number of nitrogens with zero attached hydrogens (tertiary/aromatic N) is 3. The molecule has 2 heterocycles. The van der Waals surface area contributed by atoms with Gasteiger partial charge in [0.25, 0.3) is 0 Å². The summed E-state index contributed by atoms with van der Waals surface area (Å²) < 4.78 is 70.5. The minimum Gasteiger partial charge on any atom is -0.381 e. The Kier molecular flexibility index (Phi) is 13.7. The molecule has 2 aromatic rings. The minimum absolute atomic E-state index is 0.0327. The fraction of sp³-hybridized carbons (Fsp3) is 0.710. The highest BCUT2D eigenvalue weighted by atomic mass is 19.3. The molecule has 5 nitrogen and oxygen atoms in total. The summed E-state index contributed by atoms with van der Waals surface area (Å²) in [5.74, 6) is -4.67. The molecule has 224 valence electrons. The van der Waals surface area contributed by atoms with Gasteiger partial charge in [0.15, 0.2) is 5.82 Å². The van der Waals surface area contributed by atoms with Crippen LogP contribution in [-0.4, -0.2) is 47.0 Å². The normalized spacial score (nSPS) is 17.1. The number of hydrogen-bond donors (Lipinski definition) is 0. The summed E-state index contributed by atoms with van der Waals surface area (Å²) in [5.41, 5.74) is 0.466. The molecular weight excluding hydrogens is 522 g/mol. The highest BCUT2D eigenvalue weighted by Gasteiger charge is 2.49. The first-order chi connectivity index (χ1) is 19.4. The molecule has 2 aromatic heterocycles. The molecule has 0 N–H and O–H groups in total. The second kappa shape index (κ2) is 17.0. The zero-order valence-electron chi connectivity index (χ0n) is 24.1. The van der Waals surface area contributed by atoms with E-state index in [2.05, 4.69) is 28.8 Å². The summed E-state index contributed by atoms with van der Waals surface area (Å²) in [6, 6.07) is 1.43. The molecule has 0 amide bonds. The summed E-state index contributed by atoms with van der Waals surface area (Å²) in [6.07, 6.45) is 11.9. The topological polar surface area (TPSA) is 57.1 Å². The van der Waals surface area contributed by atoms with E-state index >= 15 is 8.78 Å². The highest BCUT2D eigenvalue weighted by Crippen LogP contribution is 2.43. The summed E-state index contributed by atoms with van der Waals surface area (Å²) in [5, 5.41) is 0. The lowest BCUT2D eigenvalue weighted by molar-refractivity contribution is -0.160. The van der Waals surface area contributed by atoms with Crippen molar-refractivity contribution in [3.63, 3.8) is 0 Å². The van der Waals surface area contributed by atoms with Crippen molar-refractivity contribution >= 4 is 0 Å². The van der Waals surface area contributed by atoms with Crippen molar-refractivity contribution in [2.75, 3.05) is 19.8 Å². The van der Waals surface area contributed by atoms with Gasteiger partial charge in [0, 0.05) is 25.6 Å². The Bertz CT molecular complexity index is 1010. The standard InChI is InChI=1S/C31H45F4N3O2/c1-3-5-7-10-14-25(32)22-40-27-16-15-24-19-26(38-29(33)28(24)31(27,34)35)30-36-20-23(21-37-30)13-9-8-12-18-39-17-11-6-4-2/h19-21,25,27H,3-18,22H2,1-2H3. The third-order valence-corrected chi connectivity index (χ3v) is 7.40. The number of unbranched alkanes of at least 4 members (excludes halogenated alkanes) is 7. The van der Waals surface area contributed by atoms with Gasteiger partial charge in [-0.15, -0.1) is 0 Å². The van der Waals surface area contributed by atoms with E-state index in [0.29, 0.717) is 6.42 Å². The minimum atomic E-state index is -3.60. The Morgan fingerprint density at radius 1 is 0.950 bits per heavy atom. The van der Waals surface area contributed by atoms with Crippen LogP contribution in [0.5, 0.6) is 0 Å². The monoisotopic (exact) mass is 567 g/mol. The number of ether oxygens (including phenoxy) is 2. The van der Waals surface area contributed by atoms with Gasteiger partial charge >= 0.3 is 5.92 Å². The number of aryl methyl sites for hydroxylation is 2. The van der Waals surface area contributed by atoms with E-state index in [0.717, 1.165) is 70.1 Å². The van der Waals surface area contributed by atoms with Crippen molar-refractivity contribution < 1.29 is 27.0 Å². The largest absolute Gasteiger partial charge is 0.381 e. The van der Waals surface area contributed by atoms with Crippen LogP contribution in [0.4, 0.5) is 17.6 Å². The average molecular weight is 568 g/mol. The van der Waals surface area contributed by atoms with Crippen LogP contribution in [0.1, 0.15) is 108 Å². The zero-order valence-corrected chi connectivity index (χ0v) is 24.1. The maximum Gasteiger partial charge on any atom is 0.303 e. The Labute approximate surface area is 236 Å². The molecule has 1 aliphatic carbocycles. The van der Waals surface area contributed by atoms with Crippen LogP contribution >= 0.6 is 0 Å². The molecule has 0 radical (unpaired) electrons. The second-order valence-electron chi connectivity index (χ2n) is 10.8. The molecule has 0 aliphatic heterocycles. The van der Waals surface area contributed by atoms with E-state index in [1.54, 1.807) is 12.4 Å². The number of fused-ring (bicyclic) bond motifs is 1. The first-order valence-corrected chi connectivity index (χ1v) is 15.1. The Balaban J connectivity index is 1.51. The Morgan fingerprint density at radius 3 is 2.35 bits per heavy atom. The molecule has 1 aliphatic rings. The van der Waals surface area contributed by atoms with Gasteiger partial charge in [-0.25, -0.2) is 19.3 Å². The summed E-state index contributed by atoms with van der Waals surface area (Å²) in [4.78, 5) is 12.4. The van der Waals surface area contributed by atoms with Gasteiger partial charge in [-0.05, 0) is 62.1 Å². The van der Waals surface area contributed by atoms with Gasteiger partial charge in [0.1, 0.15) is 18.0 Å². The fourth-order valence-electron chi connectivity index (χ4n) is 5.02. The van der Waals surface area contributed by atoms with Crippen molar-refractivity contribution in [3.8, 4) is 11.5 Å². The maximum absolute atomic E-state index is 15.2. The Morgan fingerprint density at radius 2 is 1.62 bits per heavy atom. The van der Waals surface area contributed by atoms with Crippen molar-refractivity contribution in [2.24, 2.45) is 0 Å². The van der Waals surface area contributed by atoms with E-state index in [9.17, 15) is 8.78 Å². The lowest BCUT2D eigenvalue weighted by Gasteiger charge is -2.33. The Hall–Kier alpha value is -2.13. The van der Waals surface area contributed by atoms with Crippen LogP contribution in [0.3, 0.4) is 0 Å². The van der Waals surface area contributed by atoms with Gasteiger partial charge < -0.3 is 9.47 Å². The predicted octanol–water partition coefficient (Wildman–Crippen LogP) is 8.33. The van der Waals surface area contributed by atoms with Crippen LogP contribution in [0.2, 0.25) is 0 Å². The lowest BCUT2D eigenvalue weighted by atomic mass is 9.87. The van der Waals surface area contributed by atoms with Crippen LogP contribution in [0.25, 0.3) is 11.5 Å². The van der Waals surface area contributed by atoms with Gasteiger partial charge in [0.05, 0.1) is 12.2 Å². The average Bonchev–Trinajstić information content (AvgIpc) is 2.94. The second-order valence-corrected chi connectivity index (χ2v) is 10.8. The number of halogens is 4. The molecular formula is C31H45F4N3O2. The van der Waals surface area contributed by atoms with Crippen molar-refractivity contribution in [1.29, 1.82) is 0 Å². The molecule has 3 rings (SSSR count). The van der Waals surface area contributed by atoms with Gasteiger partial charge in [-0.3, -0.25) is 0 Å². The van der Waals surface area contributed by atoms with E-state index in [1.165, 1.54) is 18.9 Å². The molecule has 0 bridgehead atoms. The molecule has 2 atom stereocenters. The third kappa shape index (κ3) is 9.75. The van der Waals surface area contributed by atoms with E-state index < -0.39 is 36.3 Å². The molecule has 0 spiro atoms. The molecule has 2 unspecified atom stereocenters. The van der Waals surface area contributed by atoms with Gasteiger partial charge in [0.2, 0.25) is 5.95 Å². The number of aromatic nitrogens is 3. The quantitative estimate of drug-likeness (QED) is 0.0970. The number of pyridine rings is 1. The van der Waals surface area contributed by atoms with Crippen LogP contribution < -0.4 is 0 Å². The fourth-order valence-corrected chi connectivity index (χ4v) is 5.02. The van der Waals surface area contributed by atoms with Crippen molar-refractivity contribution in [2.45, 2.75) is 122 Å². The maximum atomic E-state index is 15.2.